The molecule has 0 fully saturated rings. The van der Waals surface area contributed by atoms with Gasteiger partial charge in [-0.3, -0.25) is 14.8 Å². The first-order valence-electron chi connectivity index (χ1n) is 4.63. The number of benzene rings is 1. The molecule has 1 atom stereocenters. The Labute approximate surface area is 91.5 Å². The summed E-state index contributed by atoms with van der Waals surface area (Å²) in [6.45, 7) is 1.68. The molecule has 1 aromatic rings. The van der Waals surface area contributed by atoms with Gasteiger partial charge in [-0.05, 0) is 23.0 Å². The Balaban J connectivity index is 2.46. The van der Waals surface area contributed by atoms with E-state index in [4.69, 9.17) is 7.85 Å². The second-order valence-electron chi connectivity index (χ2n) is 3.66. The van der Waals surface area contributed by atoms with Crippen molar-refractivity contribution in [2.24, 2.45) is 0 Å². The summed E-state index contributed by atoms with van der Waals surface area (Å²) >= 11 is 0. The molecule has 1 aliphatic heterocycles. The van der Waals surface area contributed by atoms with Crippen molar-refractivity contribution in [3.8, 4) is 0 Å². The van der Waals surface area contributed by atoms with Crippen molar-refractivity contribution in [2.75, 3.05) is 6.54 Å². The van der Waals surface area contributed by atoms with Gasteiger partial charge in [-0.25, -0.2) is 0 Å². The van der Waals surface area contributed by atoms with E-state index in [-0.39, 0.29) is 11.2 Å². The van der Waals surface area contributed by atoms with Crippen molar-refractivity contribution in [3.05, 3.63) is 33.4 Å². The van der Waals surface area contributed by atoms with Crippen LogP contribution in [-0.2, 0) is 13.0 Å². The third kappa shape index (κ3) is 2.03. The van der Waals surface area contributed by atoms with Crippen LogP contribution < -0.4 is 5.46 Å². The van der Waals surface area contributed by atoms with E-state index in [1.165, 1.54) is 0 Å². The third-order valence-corrected chi connectivity index (χ3v) is 3.03. The maximum absolute atomic E-state index is 10.7. The molecule has 6 heteroatoms. The average Bonchev–Trinajstić information content (AvgIpc) is 2.15. The van der Waals surface area contributed by atoms with Crippen LogP contribution in [0.15, 0.2) is 12.1 Å². The van der Waals surface area contributed by atoms with Gasteiger partial charge in [-0.15, -0.1) is 0 Å². The lowest BCUT2D eigenvalue weighted by molar-refractivity contribution is -0.383. The minimum atomic E-state index is -0.428. The summed E-state index contributed by atoms with van der Waals surface area (Å²) in [7, 11) is 8.26. The predicted molar refractivity (Wildman–Crippen MR) is 62.3 cm³/mol. The zero-order valence-electron chi connectivity index (χ0n) is 8.14. The van der Waals surface area contributed by atoms with E-state index >= 15 is 0 Å². The largest absolute Gasteiger partial charge is 0.283 e. The van der Waals surface area contributed by atoms with Crippen molar-refractivity contribution < 1.29 is 4.92 Å². The van der Waals surface area contributed by atoms with Crippen molar-refractivity contribution in [1.29, 1.82) is 0 Å². The standard InChI is InChI=1S/C9H10BN2O2P/c10-8-3-7-5-11(15)2-1-6(7)4-9(8)12(13)14/h3-4H,1-2,5,15H2. The number of hydrogen-bond donors (Lipinski definition) is 0. The topological polar surface area (TPSA) is 46.4 Å². The van der Waals surface area contributed by atoms with Gasteiger partial charge in [0.1, 0.15) is 7.85 Å². The molecule has 1 unspecified atom stereocenters. The van der Waals surface area contributed by atoms with Gasteiger partial charge < -0.3 is 0 Å². The molecule has 4 nitrogen and oxygen atoms in total. The molecular formula is C9H10BN2O2P. The van der Waals surface area contributed by atoms with E-state index in [0.717, 1.165) is 30.6 Å². The highest BCUT2D eigenvalue weighted by Crippen LogP contribution is 2.23. The van der Waals surface area contributed by atoms with Gasteiger partial charge in [0.25, 0.3) is 5.69 Å². The Kier molecular flexibility index (Phi) is 2.76. The summed E-state index contributed by atoms with van der Waals surface area (Å²) in [5.74, 6) is 0. The fourth-order valence-corrected chi connectivity index (χ4v) is 2.12. The predicted octanol–water partition coefficient (Wildman–Crippen LogP) is 0.537. The second-order valence-corrected chi connectivity index (χ2v) is 4.39. The quantitative estimate of drug-likeness (QED) is 0.300. The number of hydrogen-bond acceptors (Lipinski definition) is 3. The lowest BCUT2D eigenvalue weighted by Crippen LogP contribution is -2.24. The van der Waals surface area contributed by atoms with Crippen LogP contribution in [0.3, 0.4) is 0 Å². The van der Waals surface area contributed by atoms with Crippen LogP contribution in [0.1, 0.15) is 11.1 Å². The first-order chi connectivity index (χ1) is 7.08. The van der Waals surface area contributed by atoms with Gasteiger partial charge in [-0.1, -0.05) is 15.5 Å². The van der Waals surface area contributed by atoms with Gasteiger partial charge >= 0.3 is 0 Å². The summed E-state index contributed by atoms with van der Waals surface area (Å²) in [6.07, 6.45) is 0.833. The molecule has 0 saturated heterocycles. The van der Waals surface area contributed by atoms with Crippen LogP contribution in [0.4, 0.5) is 5.69 Å². The Bertz CT molecular complexity index is 425. The first-order valence-corrected chi connectivity index (χ1v) is 5.15. The third-order valence-electron chi connectivity index (χ3n) is 2.59. The number of nitro benzene ring substituents is 1. The normalized spacial score (nSPS) is 16.1. The van der Waals surface area contributed by atoms with E-state index < -0.39 is 4.92 Å². The highest BCUT2D eigenvalue weighted by Gasteiger charge is 2.18. The van der Waals surface area contributed by atoms with Gasteiger partial charge in [0, 0.05) is 19.2 Å². The molecule has 2 radical (unpaired) electrons. The molecule has 0 bridgehead atoms. The Hall–Kier alpha value is -0.925. The smallest absolute Gasteiger partial charge is 0.262 e. The summed E-state index contributed by atoms with van der Waals surface area (Å²) in [5, 5.41) is 10.7. The summed E-state index contributed by atoms with van der Waals surface area (Å²) in [6, 6.07) is 3.31. The number of fused-ring (bicyclic) bond motifs is 1. The van der Waals surface area contributed by atoms with Crippen LogP contribution in [0.25, 0.3) is 0 Å². The number of nitro groups is 1. The maximum Gasteiger partial charge on any atom is 0.262 e. The molecule has 0 N–H and O–H groups in total. The SMILES string of the molecule is [B]c1cc2c(cc1[N+](=O)[O-])CCN(P)C2. The zero-order valence-corrected chi connectivity index (χ0v) is 9.30. The minimum Gasteiger partial charge on any atom is -0.283 e. The lowest BCUT2D eigenvalue weighted by atomic mass is 9.88. The molecule has 0 amide bonds. The van der Waals surface area contributed by atoms with Crippen molar-refractivity contribution in [1.82, 2.24) is 4.67 Å². The van der Waals surface area contributed by atoms with E-state index in [1.54, 1.807) is 12.1 Å². The number of nitrogens with zero attached hydrogens (tertiary/aromatic N) is 2. The van der Waals surface area contributed by atoms with Crippen LogP contribution in [0, 0.1) is 10.1 Å². The van der Waals surface area contributed by atoms with Crippen molar-refractivity contribution in [2.45, 2.75) is 13.0 Å². The highest BCUT2D eigenvalue weighted by atomic mass is 31.0. The molecule has 1 aliphatic rings. The van der Waals surface area contributed by atoms with Gasteiger partial charge in [-0.2, -0.15) is 0 Å². The molecule has 0 aliphatic carbocycles. The fraction of sp³-hybridized carbons (Fsp3) is 0.333. The summed E-state index contributed by atoms with van der Waals surface area (Å²) in [4.78, 5) is 10.3. The van der Waals surface area contributed by atoms with E-state index in [9.17, 15) is 10.1 Å². The number of rotatable bonds is 1. The Morgan fingerprint density at radius 3 is 2.87 bits per heavy atom. The Morgan fingerprint density at radius 1 is 1.47 bits per heavy atom. The summed E-state index contributed by atoms with van der Waals surface area (Å²) in [5.41, 5.74) is 2.39. The van der Waals surface area contributed by atoms with Crippen LogP contribution in [0.2, 0.25) is 0 Å². The molecular weight excluding hydrogens is 210 g/mol. The molecule has 0 saturated carbocycles. The van der Waals surface area contributed by atoms with Gasteiger partial charge in [0.2, 0.25) is 0 Å². The molecule has 0 aromatic heterocycles. The van der Waals surface area contributed by atoms with E-state index in [0.29, 0.717) is 0 Å². The molecule has 1 aromatic carbocycles. The van der Waals surface area contributed by atoms with E-state index in [1.807, 2.05) is 0 Å². The highest BCUT2D eigenvalue weighted by molar-refractivity contribution is 7.13. The monoisotopic (exact) mass is 220 g/mol. The van der Waals surface area contributed by atoms with Crippen LogP contribution in [-0.4, -0.2) is 24.0 Å². The maximum atomic E-state index is 10.7. The van der Waals surface area contributed by atoms with Crippen LogP contribution >= 0.6 is 9.39 Å². The lowest BCUT2D eigenvalue weighted by Gasteiger charge is -2.24. The average molecular weight is 220 g/mol. The fourth-order valence-electron chi connectivity index (χ4n) is 1.80. The molecule has 15 heavy (non-hydrogen) atoms. The summed E-state index contributed by atoms with van der Waals surface area (Å²) < 4.78 is 2.09. The van der Waals surface area contributed by atoms with Crippen LogP contribution in [0.5, 0.6) is 0 Å². The molecule has 0 spiro atoms. The Morgan fingerprint density at radius 2 is 2.20 bits per heavy atom. The van der Waals surface area contributed by atoms with Gasteiger partial charge in [0.15, 0.2) is 0 Å². The molecule has 76 valence electrons. The van der Waals surface area contributed by atoms with Crippen molar-refractivity contribution >= 4 is 28.4 Å². The second kappa shape index (κ2) is 3.91. The minimum absolute atomic E-state index is 0.0194. The molecule has 1 heterocycles. The van der Waals surface area contributed by atoms with Gasteiger partial charge in [0.05, 0.1) is 4.92 Å². The zero-order chi connectivity index (χ0) is 11.0. The molecule has 2 rings (SSSR count). The van der Waals surface area contributed by atoms with E-state index in [2.05, 4.69) is 14.1 Å². The van der Waals surface area contributed by atoms with Crippen molar-refractivity contribution in [3.63, 3.8) is 0 Å². The first kappa shape index (κ1) is 10.6.